The highest BCUT2D eigenvalue weighted by atomic mass is 16.6. The number of ether oxygens (including phenoxy) is 1. The standard InChI is InChI=1S/C30H43N3O5/c1-6-20(2)26(27(31)35)33-28(36)23(17-21-13-9-7-10-14-21)19-25(34)24(18-22-15-11-8-12-16-22)32-29(37)38-30(3,4)5/h7-16,20,23-26,34H,6,17-19H2,1-5H3,(H2,31,35)(H,32,37)(H,33,36)/t20?,23-,24+,25+,26+/m1/s1. The van der Waals surface area contributed by atoms with E-state index in [1.165, 1.54) is 0 Å². The van der Waals surface area contributed by atoms with Crippen molar-refractivity contribution >= 4 is 17.9 Å². The van der Waals surface area contributed by atoms with Crippen molar-refractivity contribution < 1.29 is 24.2 Å². The number of amides is 3. The van der Waals surface area contributed by atoms with Crippen molar-refractivity contribution in [2.75, 3.05) is 0 Å². The number of primary amides is 1. The van der Waals surface area contributed by atoms with Gasteiger partial charge in [0.2, 0.25) is 11.8 Å². The van der Waals surface area contributed by atoms with E-state index in [1.54, 1.807) is 20.8 Å². The Morgan fingerprint density at radius 3 is 1.92 bits per heavy atom. The molecular formula is C30H43N3O5. The topological polar surface area (TPSA) is 131 Å². The van der Waals surface area contributed by atoms with Gasteiger partial charge in [0.25, 0.3) is 0 Å². The van der Waals surface area contributed by atoms with Crippen LogP contribution >= 0.6 is 0 Å². The van der Waals surface area contributed by atoms with Crippen LogP contribution in [0.25, 0.3) is 0 Å². The fourth-order valence-electron chi connectivity index (χ4n) is 4.25. The van der Waals surface area contributed by atoms with Gasteiger partial charge in [0, 0.05) is 5.92 Å². The highest BCUT2D eigenvalue weighted by Gasteiger charge is 2.32. The van der Waals surface area contributed by atoms with E-state index in [0.29, 0.717) is 19.3 Å². The SMILES string of the molecule is CCC(C)[C@H](NC(=O)[C@H](Cc1ccccc1)C[C@H](O)[C@H](Cc1ccccc1)NC(=O)OC(C)(C)C)C(N)=O. The number of hydrogen-bond donors (Lipinski definition) is 4. The fraction of sp³-hybridized carbons (Fsp3) is 0.500. The molecule has 2 aromatic rings. The molecule has 0 saturated carbocycles. The minimum atomic E-state index is -1.07. The molecule has 0 saturated heterocycles. The average molecular weight is 526 g/mol. The Balaban J connectivity index is 2.29. The predicted molar refractivity (Wildman–Crippen MR) is 148 cm³/mol. The number of nitrogens with one attached hydrogen (secondary N) is 2. The van der Waals surface area contributed by atoms with Crippen molar-refractivity contribution in [2.24, 2.45) is 17.6 Å². The van der Waals surface area contributed by atoms with Crippen LogP contribution in [0.2, 0.25) is 0 Å². The van der Waals surface area contributed by atoms with Gasteiger partial charge in [-0.05, 0) is 57.1 Å². The molecule has 0 fully saturated rings. The van der Waals surface area contributed by atoms with E-state index < -0.39 is 41.7 Å². The van der Waals surface area contributed by atoms with Crippen LogP contribution < -0.4 is 16.4 Å². The second-order valence-corrected chi connectivity index (χ2v) is 10.9. The van der Waals surface area contributed by atoms with Crippen LogP contribution in [0.5, 0.6) is 0 Å². The van der Waals surface area contributed by atoms with Crippen molar-refractivity contribution in [1.29, 1.82) is 0 Å². The second-order valence-electron chi connectivity index (χ2n) is 10.9. The summed E-state index contributed by atoms with van der Waals surface area (Å²) >= 11 is 0. The summed E-state index contributed by atoms with van der Waals surface area (Å²) in [5.41, 5.74) is 6.72. The highest BCUT2D eigenvalue weighted by Crippen LogP contribution is 2.20. The van der Waals surface area contributed by atoms with Crippen LogP contribution in [0.1, 0.15) is 58.6 Å². The third kappa shape index (κ3) is 10.5. The number of alkyl carbamates (subject to hydrolysis) is 1. The lowest BCUT2D eigenvalue weighted by Crippen LogP contribution is -2.52. The Morgan fingerprint density at radius 1 is 0.921 bits per heavy atom. The lowest BCUT2D eigenvalue weighted by molar-refractivity contribution is -0.131. The number of rotatable bonds is 13. The summed E-state index contributed by atoms with van der Waals surface area (Å²) < 4.78 is 5.43. The number of carbonyl (C=O) groups is 3. The van der Waals surface area contributed by atoms with Crippen LogP contribution in [0, 0.1) is 11.8 Å². The molecule has 0 radical (unpaired) electrons. The third-order valence-electron chi connectivity index (χ3n) is 6.50. The van der Waals surface area contributed by atoms with E-state index in [1.807, 2.05) is 74.5 Å². The lowest BCUT2D eigenvalue weighted by atomic mass is 9.88. The van der Waals surface area contributed by atoms with E-state index in [0.717, 1.165) is 11.1 Å². The summed E-state index contributed by atoms with van der Waals surface area (Å²) in [6.07, 6.45) is -0.304. The van der Waals surface area contributed by atoms with Crippen LogP contribution in [0.15, 0.2) is 60.7 Å². The molecule has 0 aliphatic rings. The van der Waals surface area contributed by atoms with Gasteiger partial charge >= 0.3 is 6.09 Å². The zero-order valence-electron chi connectivity index (χ0n) is 23.1. The first-order valence-electron chi connectivity index (χ1n) is 13.2. The molecule has 8 nitrogen and oxygen atoms in total. The van der Waals surface area contributed by atoms with Gasteiger partial charge < -0.3 is 26.2 Å². The monoisotopic (exact) mass is 525 g/mol. The number of carbonyl (C=O) groups excluding carboxylic acids is 3. The summed E-state index contributed by atoms with van der Waals surface area (Å²) in [5.74, 6) is -1.77. The van der Waals surface area contributed by atoms with Gasteiger partial charge in [0.05, 0.1) is 12.1 Å². The van der Waals surface area contributed by atoms with E-state index in [2.05, 4.69) is 10.6 Å². The predicted octanol–water partition coefficient (Wildman–Crippen LogP) is 3.75. The van der Waals surface area contributed by atoms with Crippen LogP contribution in [0.3, 0.4) is 0 Å². The fourth-order valence-corrected chi connectivity index (χ4v) is 4.25. The molecular weight excluding hydrogens is 482 g/mol. The first-order valence-corrected chi connectivity index (χ1v) is 13.2. The quantitative estimate of drug-likeness (QED) is 0.316. The molecule has 0 aliphatic heterocycles. The zero-order valence-corrected chi connectivity index (χ0v) is 23.1. The number of benzene rings is 2. The zero-order chi connectivity index (χ0) is 28.3. The van der Waals surface area contributed by atoms with Crippen molar-refractivity contribution in [3.8, 4) is 0 Å². The maximum atomic E-state index is 13.5. The molecule has 5 N–H and O–H groups in total. The van der Waals surface area contributed by atoms with Crippen molar-refractivity contribution in [3.05, 3.63) is 71.8 Å². The maximum Gasteiger partial charge on any atom is 0.407 e. The van der Waals surface area contributed by atoms with E-state index >= 15 is 0 Å². The van der Waals surface area contributed by atoms with E-state index in [4.69, 9.17) is 10.5 Å². The van der Waals surface area contributed by atoms with Gasteiger partial charge in [-0.25, -0.2) is 4.79 Å². The van der Waals surface area contributed by atoms with E-state index in [-0.39, 0.29) is 18.2 Å². The normalized spacial score (nSPS) is 15.4. The molecule has 5 atom stereocenters. The lowest BCUT2D eigenvalue weighted by Gasteiger charge is -2.30. The first-order chi connectivity index (χ1) is 17.9. The van der Waals surface area contributed by atoms with Crippen molar-refractivity contribution in [3.63, 3.8) is 0 Å². The molecule has 38 heavy (non-hydrogen) atoms. The van der Waals surface area contributed by atoms with Gasteiger partial charge in [-0.1, -0.05) is 80.9 Å². The number of aliphatic hydroxyl groups is 1. The minimum Gasteiger partial charge on any atom is -0.444 e. The largest absolute Gasteiger partial charge is 0.444 e. The third-order valence-corrected chi connectivity index (χ3v) is 6.50. The molecule has 3 amide bonds. The molecule has 2 aromatic carbocycles. The first kappa shape index (κ1) is 30.8. The van der Waals surface area contributed by atoms with Gasteiger partial charge in [0.1, 0.15) is 11.6 Å². The van der Waals surface area contributed by atoms with Crippen molar-refractivity contribution in [1.82, 2.24) is 10.6 Å². The van der Waals surface area contributed by atoms with Gasteiger partial charge in [-0.3, -0.25) is 9.59 Å². The molecule has 0 heterocycles. The summed E-state index contributed by atoms with van der Waals surface area (Å²) in [4.78, 5) is 38.2. The molecule has 0 spiro atoms. The second kappa shape index (κ2) is 14.5. The smallest absolute Gasteiger partial charge is 0.407 e. The molecule has 0 aliphatic carbocycles. The Bertz CT molecular complexity index is 1020. The molecule has 1 unspecified atom stereocenters. The Kier molecular flexibility index (Phi) is 11.8. The summed E-state index contributed by atoms with van der Waals surface area (Å²) in [6, 6.07) is 17.4. The molecule has 0 bridgehead atoms. The van der Waals surface area contributed by atoms with Gasteiger partial charge in [-0.2, -0.15) is 0 Å². The summed E-state index contributed by atoms with van der Waals surface area (Å²) in [6.45, 7) is 9.08. The molecule has 208 valence electrons. The Hall–Kier alpha value is -3.39. The van der Waals surface area contributed by atoms with Gasteiger partial charge in [0.15, 0.2) is 0 Å². The molecule has 2 rings (SSSR count). The van der Waals surface area contributed by atoms with E-state index in [9.17, 15) is 19.5 Å². The molecule has 0 aromatic heterocycles. The van der Waals surface area contributed by atoms with Crippen molar-refractivity contribution in [2.45, 2.75) is 84.1 Å². The number of hydrogen-bond acceptors (Lipinski definition) is 5. The Morgan fingerprint density at radius 2 is 1.45 bits per heavy atom. The van der Waals surface area contributed by atoms with Gasteiger partial charge in [-0.15, -0.1) is 0 Å². The Labute approximate surface area is 226 Å². The number of nitrogens with two attached hydrogens (primary N) is 1. The summed E-state index contributed by atoms with van der Waals surface area (Å²) in [7, 11) is 0. The minimum absolute atomic E-state index is 0.0556. The maximum absolute atomic E-state index is 13.5. The molecule has 8 heteroatoms. The van der Waals surface area contributed by atoms with Crippen LogP contribution in [-0.4, -0.2) is 46.8 Å². The van der Waals surface area contributed by atoms with Crippen LogP contribution in [0.4, 0.5) is 4.79 Å². The number of aliphatic hydroxyl groups excluding tert-OH is 1. The average Bonchev–Trinajstić information content (AvgIpc) is 2.85. The van der Waals surface area contributed by atoms with Crippen LogP contribution in [-0.2, 0) is 27.2 Å². The summed E-state index contributed by atoms with van der Waals surface area (Å²) in [5, 5.41) is 17.0. The highest BCUT2D eigenvalue weighted by molar-refractivity contribution is 5.88.